The topological polar surface area (TPSA) is 21.5 Å². The molecule has 0 N–H and O–H groups in total. The Morgan fingerprint density at radius 1 is 0.857 bits per heavy atom. The molecule has 3 nitrogen and oxygen atoms in total. The maximum Gasteiger partial charge on any atom is 0.277 e. The van der Waals surface area contributed by atoms with E-state index in [9.17, 15) is 8.78 Å². The molecule has 2 aromatic rings. The van der Waals surface area contributed by atoms with Crippen LogP contribution in [0.4, 0.5) is 14.5 Å². The van der Waals surface area contributed by atoms with Gasteiger partial charge in [-0.1, -0.05) is 64.4 Å². The highest BCUT2D eigenvalue weighted by Crippen LogP contribution is 2.37. The van der Waals surface area contributed by atoms with Gasteiger partial charge in [-0.3, -0.25) is 0 Å². The summed E-state index contributed by atoms with van der Waals surface area (Å²) in [6.45, 7) is 4.27. The summed E-state index contributed by atoms with van der Waals surface area (Å²) in [4.78, 5) is 0. The minimum atomic E-state index is -0.527. The fraction of sp³-hybridized carbons (Fsp3) is 0.552. The third kappa shape index (κ3) is 7.19. The van der Waals surface area contributed by atoms with Gasteiger partial charge in [-0.25, -0.2) is 0 Å². The zero-order chi connectivity index (χ0) is 24.5. The largest absolute Gasteiger partial charge is 1.00 e. The van der Waals surface area contributed by atoms with E-state index < -0.39 is 11.6 Å². The quantitative estimate of drug-likeness (QED) is 0.281. The van der Waals surface area contributed by atoms with E-state index in [1.165, 1.54) is 63.1 Å². The molecule has 0 aliphatic carbocycles. The molecule has 0 saturated heterocycles. The van der Waals surface area contributed by atoms with Crippen LogP contribution in [-0.4, -0.2) is 30.5 Å². The predicted octanol–water partition coefficient (Wildman–Crippen LogP) is 4.98. The second kappa shape index (κ2) is 14.4. The van der Waals surface area contributed by atoms with Gasteiger partial charge in [-0.15, -0.1) is 0 Å². The standard InChI is InChI=1S/C29H40F2NO2.ClH/c1-5-6-7-8-9-10-11-12-13-17-26-23-20-28(34-4)27(33-3)19-22(23)18-21(2)32(26)29-24(30)15-14-16-25(29)31;/h14-16,19-21H,5-13,17-18H2,1-4H3;1H/q+1;/p-1. The summed E-state index contributed by atoms with van der Waals surface area (Å²) in [5, 5.41) is 0. The molecule has 3 rings (SSSR count). The van der Waals surface area contributed by atoms with Gasteiger partial charge in [0.25, 0.3) is 5.69 Å². The van der Waals surface area contributed by atoms with Crippen molar-refractivity contribution < 1.29 is 35.2 Å². The molecule has 1 aliphatic heterocycles. The van der Waals surface area contributed by atoms with Crippen molar-refractivity contribution in [2.75, 3.05) is 14.2 Å². The lowest BCUT2D eigenvalue weighted by Gasteiger charge is -2.25. The fourth-order valence-corrected chi connectivity index (χ4v) is 5.10. The molecule has 0 spiro atoms. The fourth-order valence-electron chi connectivity index (χ4n) is 5.10. The van der Waals surface area contributed by atoms with E-state index in [1.54, 1.807) is 14.2 Å². The van der Waals surface area contributed by atoms with E-state index in [0.717, 1.165) is 36.1 Å². The maximum absolute atomic E-state index is 14.9. The maximum atomic E-state index is 14.9. The lowest BCUT2D eigenvalue weighted by Crippen LogP contribution is -3.00. The highest BCUT2D eigenvalue weighted by molar-refractivity contribution is 6.00. The molecule has 0 saturated carbocycles. The number of unbranched alkanes of at least 4 members (excludes halogenated alkanes) is 8. The molecule has 0 amide bonds. The lowest BCUT2D eigenvalue weighted by molar-refractivity contribution is -0.487. The van der Waals surface area contributed by atoms with Gasteiger partial charge < -0.3 is 21.9 Å². The number of rotatable bonds is 13. The molecule has 6 heteroatoms. The smallest absolute Gasteiger partial charge is 0.277 e. The summed E-state index contributed by atoms with van der Waals surface area (Å²) >= 11 is 0. The Hall–Kier alpha value is -2.14. The number of fused-ring (bicyclic) bond motifs is 1. The van der Waals surface area contributed by atoms with E-state index in [-0.39, 0.29) is 24.1 Å². The van der Waals surface area contributed by atoms with Crippen LogP contribution in [0.1, 0.15) is 89.2 Å². The van der Waals surface area contributed by atoms with Crippen LogP contribution in [0.3, 0.4) is 0 Å². The van der Waals surface area contributed by atoms with Crippen LogP contribution in [0.25, 0.3) is 0 Å². The third-order valence-electron chi connectivity index (χ3n) is 6.86. The molecule has 0 fully saturated rings. The molecule has 35 heavy (non-hydrogen) atoms. The number of methoxy groups -OCH3 is 2. The summed E-state index contributed by atoms with van der Waals surface area (Å²) in [6, 6.07) is 8.00. The van der Waals surface area contributed by atoms with Crippen molar-refractivity contribution in [3.05, 3.63) is 53.1 Å². The summed E-state index contributed by atoms with van der Waals surface area (Å²) < 4.78 is 42.7. The van der Waals surface area contributed by atoms with Crippen molar-refractivity contribution in [3.8, 4) is 11.5 Å². The number of nitrogens with zero attached hydrogens (tertiary/aromatic N) is 1. The Morgan fingerprint density at radius 2 is 1.40 bits per heavy atom. The van der Waals surface area contributed by atoms with E-state index in [2.05, 4.69) is 6.92 Å². The van der Waals surface area contributed by atoms with Crippen molar-refractivity contribution in [3.63, 3.8) is 0 Å². The van der Waals surface area contributed by atoms with Crippen molar-refractivity contribution in [2.45, 2.75) is 90.5 Å². The number of ether oxygens (including phenoxy) is 2. The molecular weight excluding hydrogens is 468 g/mol. The van der Waals surface area contributed by atoms with Gasteiger partial charge in [0.1, 0.15) is 0 Å². The highest BCUT2D eigenvalue weighted by atomic mass is 35.5. The first-order chi connectivity index (χ1) is 16.5. The molecule has 2 aromatic carbocycles. The van der Waals surface area contributed by atoms with E-state index in [0.29, 0.717) is 17.9 Å². The third-order valence-corrected chi connectivity index (χ3v) is 6.86. The molecule has 0 radical (unpaired) electrons. The minimum absolute atomic E-state index is 0. The van der Waals surface area contributed by atoms with Gasteiger partial charge >= 0.3 is 0 Å². The molecule has 1 unspecified atom stereocenters. The molecular formula is C29H40ClF2NO2. The van der Waals surface area contributed by atoms with Gasteiger partial charge in [0.15, 0.2) is 34.9 Å². The number of hydrogen-bond donors (Lipinski definition) is 0. The Bertz CT molecular complexity index is 973. The van der Waals surface area contributed by atoms with Crippen LogP contribution >= 0.6 is 0 Å². The molecule has 0 bridgehead atoms. The second-order valence-electron chi connectivity index (χ2n) is 9.38. The van der Waals surface area contributed by atoms with Crippen LogP contribution in [0.5, 0.6) is 11.5 Å². The predicted molar refractivity (Wildman–Crippen MR) is 135 cm³/mol. The second-order valence-corrected chi connectivity index (χ2v) is 9.38. The monoisotopic (exact) mass is 507 g/mol. The van der Waals surface area contributed by atoms with Crippen LogP contribution in [-0.2, 0) is 6.42 Å². The summed E-state index contributed by atoms with van der Waals surface area (Å²) in [5.41, 5.74) is 3.13. The van der Waals surface area contributed by atoms with Crippen molar-refractivity contribution in [1.29, 1.82) is 0 Å². The van der Waals surface area contributed by atoms with Crippen molar-refractivity contribution >= 4 is 11.4 Å². The van der Waals surface area contributed by atoms with Gasteiger partial charge in [-0.05, 0) is 43.2 Å². The van der Waals surface area contributed by atoms with Crippen LogP contribution in [0.15, 0.2) is 30.3 Å². The molecule has 194 valence electrons. The van der Waals surface area contributed by atoms with Gasteiger partial charge in [0, 0.05) is 18.4 Å². The van der Waals surface area contributed by atoms with Crippen LogP contribution < -0.4 is 21.9 Å². The Balaban J connectivity index is 0.00000432. The van der Waals surface area contributed by atoms with Gasteiger partial charge in [-0.2, -0.15) is 13.4 Å². The Morgan fingerprint density at radius 3 is 1.97 bits per heavy atom. The normalized spacial score (nSPS) is 15.0. The van der Waals surface area contributed by atoms with Crippen molar-refractivity contribution in [2.24, 2.45) is 0 Å². The van der Waals surface area contributed by atoms with Crippen LogP contribution in [0.2, 0.25) is 0 Å². The zero-order valence-electron chi connectivity index (χ0n) is 21.6. The first-order valence-corrected chi connectivity index (χ1v) is 12.9. The summed E-state index contributed by atoms with van der Waals surface area (Å²) in [5.74, 6) is 0.261. The van der Waals surface area contributed by atoms with Crippen molar-refractivity contribution in [1.82, 2.24) is 0 Å². The minimum Gasteiger partial charge on any atom is -1.00 e. The lowest BCUT2D eigenvalue weighted by atomic mass is 9.89. The van der Waals surface area contributed by atoms with Gasteiger partial charge in [0.2, 0.25) is 0 Å². The van der Waals surface area contributed by atoms with Gasteiger partial charge in [0.05, 0.1) is 14.2 Å². The Labute approximate surface area is 216 Å². The van der Waals surface area contributed by atoms with E-state index in [1.807, 2.05) is 23.6 Å². The number of para-hydroxylation sites is 1. The summed E-state index contributed by atoms with van der Waals surface area (Å²) in [6.07, 6.45) is 12.5. The average molecular weight is 508 g/mol. The number of benzene rings is 2. The number of hydrogen-bond acceptors (Lipinski definition) is 2. The average Bonchev–Trinajstić information content (AvgIpc) is 2.83. The zero-order valence-corrected chi connectivity index (χ0v) is 22.4. The first-order valence-electron chi connectivity index (χ1n) is 12.9. The van der Waals surface area contributed by atoms with E-state index in [4.69, 9.17) is 9.47 Å². The molecule has 0 aromatic heterocycles. The molecule has 1 aliphatic rings. The first kappa shape index (κ1) is 29.1. The van der Waals surface area contributed by atoms with Crippen LogP contribution in [0, 0.1) is 11.6 Å². The number of halogens is 3. The molecule has 1 atom stereocenters. The molecule has 1 heterocycles. The summed E-state index contributed by atoms with van der Waals surface area (Å²) in [7, 11) is 3.24. The highest BCUT2D eigenvalue weighted by Gasteiger charge is 2.36. The van der Waals surface area contributed by atoms with E-state index >= 15 is 0 Å². The Kier molecular flexibility index (Phi) is 12.0. The SMILES string of the molecule is CCCCCCCCCCCC1=[N+](c2c(F)cccc2F)C(C)Cc2cc(OC)c(OC)cc21.[Cl-].